The van der Waals surface area contributed by atoms with Crippen LogP contribution in [0.5, 0.6) is 11.5 Å². The number of hydrogen-bond acceptors (Lipinski definition) is 3. The Morgan fingerprint density at radius 1 is 0.963 bits per heavy atom. The van der Waals surface area contributed by atoms with Crippen molar-refractivity contribution in [3.05, 3.63) is 58.7 Å². The highest BCUT2D eigenvalue weighted by Gasteiger charge is 2.39. The highest BCUT2D eigenvalue weighted by molar-refractivity contribution is 5.97. The van der Waals surface area contributed by atoms with E-state index in [1.54, 1.807) is 21.1 Å². The molecule has 0 saturated heterocycles. The van der Waals surface area contributed by atoms with Gasteiger partial charge in [-0.05, 0) is 84.9 Å². The predicted octanol–water partition coefficient (Wildman–Crippen LogP) is 5.52. The fourth-order valence-corrected chi connectivity index (χ4v) is 5.24. The van der Waals surface area contributed by atoms with Crippen molar-refractivity contribution in [3.63, 3.8) is 0 Å². The molecule has 3 heteroatoms. The van der Waals surface area contributed by atoms with E-state index in [4.69, 9.17) is 9.47 Å². The Kier molecular flexibility index (Phi) is 4.94. The van der Waals surface area contributed by atoms with Crippen LogP contribution in [-0.2, 0) is 6.42 Å². The number of fused-ring (bicyclic) bond motifs is 3. The average molecular weight is 364 g/mol. The van der Waals surface area contributed by atoms with Gasteiger partial charge in [0.25, 0.3) is 0 Å². The standard InChI is InChI=1S/C24H28O3/c1-15(25)21-12-17-13-22(16-8-10-18(26-2)11-9-16)19-6-4-5-7-20(19)23(17)14-24(21)27-3/h8-12,14,19-20,22H,4-7,13H2,1-3H3/t19-,20+,22-/m0/s1. The Labute approximate surface area is 161 Å². The van der Waals surface area contributed by atoms with E-state index >= 15 is 0 Å². The first-order valence-electron chi connectivity index (χ1n) is 9.98. The first-order chi connectivity index (χ1) is 13.1. The smallest absolute Gasteiger partial charge is 0.163 e. The average Bonchev–Trinajstić information content (AvgIpc) is 2.72. The van der Waals surface area contributed by atoms with Crippen molar-refractivity contribution in [2.75, 3.05) is 14.2 Å². The molecule has 3 nitrogen and oxygen atoms in total. The van der Waals surface area contributed by atoms with Gasteiger partial charge in [-0.1, -0.05) is 25.0 Å². The molecular weight excluding hydrogens is 336 g/mol. The van der Waals surface area contributed by atoms with Crippen molar-refractivity contribution in [1.29, 1.82) is 0 Å². The molecule has 142 valence electrons. The van der Waals surface area contributed by atoms with Crippen LogP contribution in [0.3, 0.4) is 0 Å². The lowest BCUT2D eigenvalue weighted by molar-refractivity contribution is 0.101. The summed E-state index contributed by atoms with van der Waals surface area (Å²) in [5.41, 5.74) is 4.83. The molecule has 0 aliphatic heterocycles. The molecule has 2 aliphatic rings. The molecule has 0 unspecified atom stereocenters. The van der Waals surface area contributed by atoms with Crippen LogP contribution in [0.25, 0.3) is 0 Å². The van der Waals surface area contributed by atoms with Gasteiger partial charge in [0.1, 0.15) is 11.5 Å². The quantitative estimate of drug-likeness (QED) is 0.670. The summed E-state index contributed by atoms with van der Waals surface area (Å²) in [5, 5.41) is 0. The number of carbonyl (C=O) groups is 1. The second-order valence-corrected chi connectivity index (χ2v) is 7.95. The lowest BCUT2D eigenvalue weighted by Gasteiger charge is -2.43. The van der Waals surface area contributed by atoms with E-state index < -0.39 is 0 Å². The van der Waals surface area contributed by atoms with Crippen LogP contribution in [0, 0.1) is 5.92 Å². The Hall–Kier alpha value is -2.29. The fraction of sp³-hybridized carbons (Fsp3) is 0.458. The molecule has 1 saturated carbocycles. The first-order valence-corrected chi connectivity index (χ1v) is 9.98. The van der Waals surface area contributed by atoms with Crippen LogP contribution in [-0.4, -0.2) is 20.0 Å². The number of Topliss-reactive ketones (excluding diaryl/α,β-unsaturated/α-hetero) is 1. The van der Waals surface area contributed by atoms with Crippen molar-refractivity contribution in [3.8, 4) is 11.5 Å². The molecule has 2 aliphatic carbocycles. The van der Waals surface area contributed by atoms with E-state index in [-0.39, 0.29) is 5.78 Å². The van der Waals surface area contributed by atoms with Crippen molar-refractivity contribution >= 4 is 5.78 Å². The Morgan fingerprint density at radius 2 is 1.70 bits per heavy atom. The van der Waals surface area contributed by atoms with Crippen LogP contribution in [0.1, 0.15) is 71.5 Å². The molecule has 0 bridgehead atoms. The maximum atomic E-state index is 12.1. The summed E-state index contributed by atoms with van der Waals surface area (Å²) in [6, 6.07) is 12.8. The molecule has 2 aromatic carbocycles. The molecule has 1 fully saturated rings. The lowest BCUT2D eigenvalue weighted by Crippen LogP contribution is -2.31. The molecule has 0 aromatic heterocycles. The third kappa shape index (κ3) is 3.24. The Balaban J connectivity index is 1.78. The molecule has 2 aromatic rings. The van der Waals surface area contributed by atoms with Crippen LogP contribution in [0.15, 0.2) is 36.4 Å². The minimum atomic E-state index is 0.0708. The van der Waals surface area contributed by atoms with Gasteiger partial charge in [-0.25, -0.2) is 0 Å². The van der Waals surface area contributed by atoms with Crippen molar-refractivity contribution in [2.45, 2.75) is 50.9 Å². The zero-order chi connectivity index (χ0) is 19.0. The van der Waals surface area contributed by atoms with E-state index in [0.29, 0.717) is 23.3 Å². The number of benzene rings is 2. The number of rotatable bonds is 4. The number of methoxy groups -OCH3 is 2. The maximum absolute atomic E-state index is 12.1. The van der Waals surface area contributed by atoms with Gasteiger partial charge in [-0.2, -0.15) is 0 Å². The maximum Gasteiger partial charge on any atom is 0.163 e. The molecule has 27 heavy (non-hydrogen) atoms. The van der Waals surface area contributed by atoms with Gasteiger partial charge in [0.15, 0.2) is 5.78 Å². The van der Waals surface area contributed by atoms with E-state index in [1.807, 2.05) is 0 Å². The summed E-state index contributed by atoms with van der Waals surface area (Å²) in [4.78, 5) is 12.1. The van der Waals surface area contributed by atoms with Gasteiger partial charge in [0.05, 0.1) is 19.8 Å². The van der Waals surface area contributed by atoms with Crippen molar-refractivity contribution < 1.29 is 14.3 Å². The summed E-state index contributed by atoms with van der Waals surface area (Å²) in [7, 11) is 3.37. The molecular formula is C24H28O3. The predicted molar refractivity (Wildman–Crippen MR) is 107 cm³/mol. The van der Waals surface area contributed by atoms with Gasteiger partial charge in [0.2, 0.25) is 0 Å². The molecule has 0 N–H and O–H groups in total. The van der Waals surface area contributed by atoms with Crippen LogP contribution < -0.4 is 9.47 Å². The first kappa shape index (κ1) is 18.1. The van der Waals surface area contributed by atoms with E-state index in [1.165, 1.54) is 42.4 Å². The van der Waals surface area contributed by atoms with Gasteiger partial charge < -0.3 is 9.47 Å². The molecule has 0 radical (unpaired) electrons. The SMILES string of the molecule is COc1ccc([C@@H]2Cc3cc(C(C)=O)c(OC)cc3[C@@H]3CCCC[C@H]23)cc1. The van der Waals surface area contributed by atoms with Gasteiger partial charge >= 0.3 is 0 Å². The summed E-state index contributed by atoms with van der Waals surface area (Å²) in [6.45, 7) is 1.62. The molecule has 4 rings (SSSR count). The normalized spacial score (nSPS) is 23.9. The van der Waals surface area contributed by atoms with Gasteiger partial charge in [-0.3, -0.25) is 4.79 Å². The Morgan fingerprint density at radius 3 is 2.37 bits per heavy atom. The van der Waals surface area contributed by atoms with E-state index in [9.17, 15) is 4.79 Å². The van der Waals surface area contributed by atoms with E-state index in [2.05, 4.69) is 36.4 Å². The number of ketones is 1. The minimum absolute atomic E-state index is 0.0708. The number of carbonyl (C=O) groups excluding carboxylic acids is 1. The summed E-state index contributed by atoms with van der Waals surface area (Å²) < 4.78 is 10.9. The Bertz CT molecular complexity index is 837. The summed E-state index contributed by atoms with van der Waals surface area (Å²) in [6.07, 6.45) is 6.09. The molecule has 0 amide bonds. The lowest BCUT2D eigenvalue weighted by atomic mass is 9.61. The number of hydrogen-bond donors (Lipinski definition) is 0. The second-order valence-electron chi connectivity index (χ2n) is 7.95. The van der Waals surface area contributed by atoms with Crippen LogP contribution in [0.4, 0.5) is 0 Å². The molecule has 0 heterocycles. The van der Waals surface area contributed by atoms with Crippen LogP contribution in [0.2, 0.25) is 0 Å². The van der Waals surface area contributed by atoms with Gasteiger partial charge in [0, 0.05) is 0 Å². The second kappa shape index (κ2) is 7.38. The van der Waals surface area contributed by atoms with Crippen molar-refractivity contribution in [1.82, 2.24) is 0 Å². The zero-order valence-electron chi connectivity index (χ0n) is 16.5. The highest BCUT2D eigenvalue weighted by atomic mass is 16.5. The van der Waals surface area contributed by atoms with Crippen molar-refractivity contribution in [2.24, 2.45) is 5.92 Å². The van der Waals surface area contributed by atoms with Gasteiger partial charge in [-0.15, -0.1) is 0 Å². The number of ether oxygens (including phenoxy) is 2. The summed E-state index contributed by atoms with van der Waals surface area (Å²) >= 11 is 0. The third-order valence-corrected chi connectivity index (χ3v) is 6.56. The fourth-order valence-electron chi connectivity index (χ4n) is 5.24. The topological polar surface area (TPSA) is 35.5 Å². The monoisotopic (exact) mass is 364 g/mol. The molecule has 0 spiro atoms. The zero-order valence-corrected chi connectivity index (χ0v) is 16.5. The summed E-state index contributed by atoms with van der Waals surface area (Å²) in [5.74, 6) is 3.42. The largest absolute Gasteiger partial charge is 0.497 e. The van der Waals surface area contributed by atoms with E-state index in [0.717, 1.165) is 17.9 Å². The molecule has 3 atom stereocenters. The third-order valence-electron chi connectivity index (χ3n) is 6.56. The van der Waals surface area contributed by atoms with Crippen LogP contribution >= 0.6 is 0 Å². The highest BCUT2D eigenvalue weighted by Crippen LogP contribution is 2.52. The minimum Gasteiger partial charge on any atom is -0.497 e.